The summed E-state index contributed by atoms with van der Waals surface area (Å²) in [6.07, 6.45) is 0.459. The van der Waals surface area contributed by atoms with Crippen LogP contribution in [0.15, 0.2) is 9.63 Å². The van der Waals surface area contributed by atoms with Gasteiger partial charge < -0.3 is 10.5 Å². The molecule has 10 heteroatoms. The second-order valence-electron chi connectivity index (χ2n) is 4.35. The van der Waals surface area contributed by atoms with Crippen molar-refractivity contribution in [1.29, 1.82) is 0 Å². The molecule has 0 saturated heterocycles. The molecule has 19 heavy (non-hydrogen) atoms. The van der Waals surface area contributed by atoms with Crippen molar-refractivity contribution in [3.8, 4) is 0 Å². The molecule has 1 saturated carbocycles. The zero-order valence-corrected chi connectivity index (χ0v) is 13.0. The van der Waals surface area contributed by atoms with Crippen LogP contribution >= 0.6 is 15.9 Å². The first-order valence-electron chi connectivity index (χ1n) is 5.81. The van der Waals surface area contributed by atoms with Crippen LogP contribution in [0, 0.1) is 0 Å². The highest BCUT2D eigenvalue weighted by Crippen LogP contribution is 2.26. The number of hydrogen-bond donors (Lipinski definition) is 2. The van der Waals surface area contributed by atoms with Gasteiger partial charge in [0.15, 0.2) is 4.60 Å². The molecule has 1 aromatic heterocycles. The molecule has 3 N–H and O–H groups in total. The lowest BCUT2D eigenvalue weighted by molar-refractivity contribution is -0.0248. The molecule has 1 heterocycles. The van der Waals surface area contributed by atoms with Crippen LogP contribution in [-0.4, -0.2) is 48.2 Å². The number of halogens is 1. The summed E-state index contributed by atoms with van der Waals surface area (Å²) in [5, 5.41) is 7.28. The van der Waals surface area contributed by atoms with Gasteiger partial charge in [-0.15, -0.1) is 5.10 Å². The predicted octanol–water partition coefficient (Wildman–Crippen LogP) is -0.639. The zero-order chi connectivity index (χ0) is 14.2. The number of nitrogens with two attached hydrogens (primary N) is 1. The topological polar surface area (TPSA) is 112 Å². The van der Waals surface area contributed by atoms with Crippen molar-refractivity contribution in [2.75, 3.05) is 6.61 Å². The Balaban J connectivity index is 2.18. The van der Waals surface area contributed by atoms with E-state index in [1.165, 1.54) is 11.7 Å². The summed E-state index contributed by atoms with van der Waals surface area (Å²) in [5.41, 5.74) is 5.82. The Bertz CT molecular complexity index is 539. The van der Waals surface area contributed by atoms with Gasteiger partial charge in [-0.1, -0.05) is 5.21 Å². The molecule has 2 rings (SSSR count). The van der Waals surface area contributed by atoms with E-state index in [4.69, 9.17) is 10.5 Å². The van der Waals surface area contributed by atoms with Gasteiger partial charge in [-0.3, -0.25) is 0 Å². The van der Waals surface area contributed by atoms with Gasteiger partial charge in [-0.2, -0.15) is 0 Å². The maximum Gasteiger partial charge on any atom is 0.260 e. The average Bonchev–Trinajstić information content (AvgIpc) is 2.67. The molecule has 1 aliphatic carbocycles. The van der Waals surface area contributed by atoms with Gasteiger partial charge in [-0.05, 0) is 29.3 Å². The highest BCUT2D eigenvalue weighted by Gasteiger charge is 2.43. The number of hydrogen-bond acceptors (Lipinski definition) is 6. The molecule has 0 aliphatic heterocycles. The monoisotopic (exact) mass is 353 g/mol. The summed E-state index contributed by atoms with van der Waals surface area (Å²) < 4.78 is 33.9. The molecule has 108 valence electrons. The number of rotatable bonds is 5. The van der Waals surface area contributed by atoms with Crippen LogP contribution in [0.3, 0.4) is 0 Å². The number of sulfonamides is 1. The van der Waals surface area contributed by atoms with Gasteiger partial charge >= 0.3 is 0 Å². The molecule has 0 amide bonds. The fraction of sp³-hybridized carbons (Fsp3) is 0.778. The standard InChI is InChI=1S/C9H16BrN5O3S/c1-3-18-6-4-5(11)7(6)13-19(16,17)9-8(10)12-14-15(9)2/h5-7,13H,3-4,11H2,1-2H3. The minimum atomic E-state index is -3.74. The Morgan fingerprint density at radius 3 is 2.79 bits per heavy atom. The van der Waals surface area contributed by atoms with E-state index in [-0.39, 0.29) is 21.8 Å². The van der Waals surface area contributed by atoms with Crippen molar-refractivity contribution in [2.45, 2.75) is 36.6 Å². The van der Waals surface area contributed by atoms with E-state index < -0.39 is 16.1 Å². The number of aromatic nitrogens is 3. The molecular formula is C9H16BrN5O3S. The van der Waals surface area contributed by atoms with Gasteiger partial charge in [0.2, 0.25) is 5.03 Å². The Labute approximate surface area is 119 Å². The summed E-state index contributed by atoms with van der Waals surface area (Å²) in [4.78, 5) is 0. The molecular weight excluding hydrogens is 338 g/mol. The fourth-order valence-electron chi connectivity index (χ4n) is 2.03. The van der Waals surface area contributed by atoms with Crippen LogP contribution in [0.25, 0.3) is 0 Å². The second kappa shape index (κ2) is 5.44. The van der Waals surface area contributed by atoms with Gasteiger partial charge in [0.05, 0.1) is 12.1 Å². The normalized spacial score (nSPS) is 27.3. The molecule has 3 unspecified atom stereocenters. The van der Waals surface area contributed by atoms with Crippen LogP contribution in [0.5, 0.6) is 0 Å². The molecule has 0 bridgehead atoms. The first-order chi connectivity index (χ1) is 8.86. The average molecular weight is 354 g/mol. The summed E-state index contributed by atoms with van der Waals surface area (Å²) in [7, 11) is -2.23. The van der Waals surface area contributed by atoms with E-state index in [1.807, 2.05) is 6.92 Å². The van der Waals surface area contributed by atoms with E-state index >= 15 is 0 Å². The lowest BCUT2D eigenvalue weighted by atomic mass is 9.84. The predicted molar refractivity (Wildman–Crippen MR) is 70.8 cm³/mol. The van der Waals surface area contributed by atoms with E-state index in [9.17, 15) is 8.42 Å². The van der Waals surface area contributed by atoms with Crippen molar-refractivity contribution < 1.29 is 13.2 Å². The third-order valence-corrected chi connectivity index (χ3v) is 5.38. The van der Waals surface area contributed by atoms with Crippen LogP contribution in [0.1, 0.15) is 13.3 Å². The summed E-state index contributed by atoms with van der Waals surface area (Å²) in [6, 6.07) is -0.668. The third-order valence-electron chi connectivity index (χ3n) is 3.03. The number of nitrogens with one attached hydrogen (secondary N) is 1. The fourth-order valence-corrected chi connectivity index (χ4v) is 4.44. The minimum Gasteiger partial charge on any atom is -0.377 e. The quantitative estimate of drug-likeness (QED) is 0.728. The first-order valence-corrected chi connectivity index (χ1v) is 8.09. The summed E-state index contributed by atoms with van der Waals surface area (Å²) >= 11 is 3.07. The van der Waals surface area contributed by atoms with Gasteiger partial charge in [0.1, 0.15) is 0 Å². The van der Waals surface area contributed by atoms with Crippen molar-refractivity contribution in [3.05, 3.63) is 4.60 Å². The van der Waals surface area contributed by atoms with E-state index in [1.54, 1.807) is 0 Å². The third kappa shape index (κ3) is 2.82. The largest absolute Gasteiger partial charge is 0.377 e. The summed E-state index contributed by atoms with van der Waals surface area (Å²) in [5.74, 6) is 0. The molecule has 1 fully saturated rings. The SMILES string of the molecule is CCOC1CC(N)C1NS(=O)(=O)c1c(Br)nnn1C. The lowest BCUT2D eigenvalue weighted by Crippen LogP contribution is -2.64. The second-order valence-corrected chi connectivity index (χ2v) is 6.73. The lowest BCUT2D eigenvalue weighted by Gasteiger charge is -2.42. The van der Waals surface area contributed by atoms with Crippen molar-refractivity contribution in [2.24, 2.45) is 12.8 Å². The first kappa shape index (κ1) is 14.9. The number of ether oxygens (including phenoxy) is 1. The molecule has 0 aromatic carbocycles. The Hall–Kier alpha value is -0.550. The number of aryl methyl sites for hydroxylation is 1. The highest BCUT2D eigenvalue weighted by molar-refractivity contribution is 9.10. The van der Waals surface area contributed by atoms with Gasteiger partial charge in [-0.25, -0.2) is 17.8 Å². The smallest absolute Gasteiger partial charge is 0.260 e. The molecule has 0 radical (unpaired) electrons. The van der Waals surface area contributed by atoms with E-state index in [2.05, 4.69) is 31.0 Å². The zero-order valence-electron chi connectivity index (χ0n) is 10.6. The van der Waals surface area contributed by atoms with Crippen molar-refractivity contribution >= 4 is 26.0 Å². The van der Waals surface area contributed by atoms with Crippen molar-refractivity contribution in [3.63, 3.8) is 0 Å². The summed E-state index contributed by atoms with van der Waals surface area (Å²) in [6.45, 7) is 2.38. The van der Waals surface area contributed by atoms with Crippen molar-refractivity contribution in [1.82, 2.24) is 19.7 Å². The van der Waals surface area contributed by atoms with Crippen LogP contribution in [0.2, 0.25) is 0 Å². The molecule has 8 nitrogen and oxygen atoms in total. The Morgan fingerprint density at radius 2 is 2.32 bits per heavy atom. The van der Waals surface area contributed by atoms with E-state index in [0.29, 0.717) is 13.0 Å². The number of nitrogens with zero attached hydrogens (tertiary/aromatic N) is 3. The molecule has 0 spiro atoms. The molecule has 3 atom stereocenters. The van der Waals surface area contributed by atoms with Gasteiger partial charge in [0, 0.05) is 19.7 Å². The van der Waals surface area contributed by atoms with Crippen LogP contribution < -0.4 is 10.5 Å². The van der Waals surface area contributed by atoms with E-state index in [0.717, 1.165) is 0 Å². The molecule has 1 aromatic rings. The highest BCUT2D eigenvalue weighted by atomic mass is 79.9. The maximum absolute atomic E-state index is 12.3. The van der Waals surface area contributed by atoms with Gasteiger partial charge in [0.25, 0.3) is 10.0 Å². The molecule has 1 aliphatic rings. The van der Waals surface area contributed by atoms with Crippen LogP contribution in [0.4, 0.5) is 0 Å². The minimum absolute atomic E-state index is 0.0261. The maximum atomic E-state index is 12.3. The Morgan fingerprint density at radius 1 is 1.63 bits per heavy atom. The Kier molecular flexibility index (Phi) is 4.26. The van der Waals surface area contributed by atoms with Crippen LogP contribution in [-0.2, 0) is 21.8 Å².